The van der Waals surface area contributed by atoms with E-state index in [0.717, 1.165) is 12.3 Å². The minimum Gasteiger partial charge on any atom is -0.497 e. The fourth-order valence-corrected chi connectivity index (χ4v) is 3.55. The van der Waals surface area contributed by atoms with Crippen LogP contribution in [0.25, 0.3) is 0 Å². The molecular formula is C14H22N2OS. The van der Waals surface area contributed by atoms with Gasteiger partial charge < -0.3 is 10.5 Å². The quantitative estimate of drug-likeness (QED) is 0.906. The fourth-order valence-electron chi connectivity index (χ4n) is 2.51. The first kappa shape index (κ1) is 13.7. The molecule has 1 aromatic carbocycles. The molecule has 1 aliphatic heterocycles. The number of thioether (sulfide) groups is 1. The molecule has 1 heterocycles. The lowest BCUT2D eigenvalue weighted by molar-refractivity contribution is 0.165. The molecule has 2 rings (SSSR count). The topological polar surface area (TPSA) is 38.5 Å². The van der Waals surface area contributed by atoms with Crippen LogP contribution in [0.5, 0.6) is 5.75 Å². The Kier molecular flexibility index (Phi) is 4.92. The zero-order valence-electron chi connectivity index (χ0n) is 11.1. The number of rotatable bonds is 4. The van der Waals surface area contributed by atoms with Gasteiger partial charge in [0.25, 0.3) is 0 Å². The highest BCUT2D eigenvalue weighted by molar-refractivity contribution is 7.99. The smallest absolute Gasteiger partial charge is 0.119 e. The van der Waals surface area contributed by atoms with Gasteiger partial charge in [-0.2, -0.15) is 11.8 Å². The van der Waals surface area contributed by atoms with E-state index in [1.807, 2.05) is 23.9 Å². The Bertz CT molecular complexity index is 386. The molecule has 0 saturated carbocycles. The second-order valence-corrected chi connectivity index (χ2v) is 5.84. The summed E-state index contributed by atoms with van der Waals surface area (Å²) in [5.74, 6) is 3.30. The molecule has 0 aromatic heterocycles. The van der Waals surface area contributed by atoms with E-state index in [9.17, 15) is 0 Å². The van der Waals surface area contributed by atoms with Crippen LogP contribution in [0.1, 0.15) is 18.5 Å². The SMILES string of the molecule is COc1cccc(C(CN)N2CCSCC2C)c1. The summed E-state index contributed by atoms with van der Waals surface area (Å²) in [5.41, 5.74) is 7.26. The first-order valence-electron chi connectivity index (χ1n) is 6.43. The summed E-state index contributed by atoms with van der Waals surface area (Å²) in [6, 6.07) is 9.16. The Morgan fingerprint density at radius 2 is 2.39 bits per heavy atom. The molecule has 0 amide bonds. The average molecular weight is 266 g/mol. The number of methoxy groups -OCH3 is 1. The maximum atomic E-state index is 6.00. The average Bonchev–Trinajstić information content (AvgIpc) is 2.42. The predicted molar refractivity (Wildman–Crippen MR) is 78.3 cm³/mol. The molecule has 4 heteroatoms. The number of ether oxygens (including phenoxy) is 1. The Labute approximate surface area is 114 Å². The van der Waals surface area contributed by atoms with Crippen molar-refractivity contribution in [2.24, 2.45) is 5.73 Å². The van der Waals surface area contributed by atoms with E-state index < -0.39 is 0 Å². The molecule has 0 spiro atoms. The highest BCUT2D eigenvalue weighted by atomic mass is 32.2. The lowest BCUT2D eigenvalue weighted by atomic mass is 10.0. The summed E-state index contributed by atoms with van der Waals surface area (Å²) < 4.78 is 5.30. The Morgan fingerprint density at radius 3 is 3.06 bits per heavy atom. The summed E-state index contributed by atoms with van der Waals surface area (Å²) in [7, 11) is 1.71. The monoisotopic (exact) mass is 266 g/mol. The van der Waals surface area contributed by atoms with Crippen molar-refractivity contribution >= 4 is 11.8 Å². The molecule has 0 aliphatic carbocycles. The molecule has 0 bridgehead atoms. The lowest BCUT2D eigenvalue weighted by Gasteiger charge is -2.39. The molecule has 18 heavy (non-hydrogen) atoms. The third kappa shape index (κ3) is 2.99. The summed E-state index contributed by atoms with van der Waals surface area (Å²) >= 11 is 2.03. The van der Waals surface area contributed by atoms with E-state index in [4.69, 9.17) is 10.5 Å². The third-order valence-electron chi connectivity index (χ3n) is 3.52. The van der Waals surface area contributed by atoms with Crippen molar-refractivity contribution in [3.63, 3.8) is 0 Å². The second kappa shape index (κ2) is 6.45. The van der Waals surface area contributed by atoms with Crippen LogP contribution in [0, 0.1) is 0 Å². The number of nitrogens with two attached hydrogens (primary N) is 1. The van der Waals surface area contributed by atoms with Crippen LogP contribution in [0.3, 0.4) is 0 Å². The maximum absolute atomic E-state index is 6.00. The summed E-state index contributed by atoms with van der Waals surface area (Å²) in [6.45, 7) is 4.06. The lowest BCUT2D eigenvalue weighted by Crippen LogP contribution is -2.45. The highest BCUT2D eigenvalue weighted by Crippen LogP contribution is 2.28. The van der Waals surface area contributed by atoms with Gasteiger partial charge in [-0.05, 0) is 24.6 Å². The molecular weight excluding hydrogens is 244 g/mol. The molecule has 0 radical (unpaired) electrons. The van der Waals surface area contributed by atoms with Crippen LogP contribution in [-0.2, 0) is 0 Å². The molecule has 1 fully saturated rings. The summed E-state index contributed by atoms with van der Waals surface area (Å²) in [6.07, 6.45) is 0. The number of hydrogen-bond donors (Lipinski definition) is 1. The zero-order chi connectivity index (χ0) is 13.0. The summed E-state index contributed by atoms with van der Waals surface area (Å²) in [5, 5.41) is 0. The highest BCUT2D eigenvalue weighted by Gasteiger charge is 2.26. The maximum Gasteiger partial charge on any atom is 0.119 e. The minimum atomic E-state index is 0.302. The van der Waals surface area contributed by atoms with Gasteiger partial charge in [0.2, 0.25) is 0 Å². The molecule has 2 unspecified atom stereocenters. The van der Waals surface area contributed by atoms with Crippen LogP contribution in [0.2, 0.25) is 0 Å². The van der Waals surface area contributed by atoms with Gasteiger partial charge in [-0.3, -0.25) is 4.90 Å². The van der Waals surface area contributed by atoms with E-state index in [2.05, 4.69) is 24.0 Å². The summed E-state index contributed by atoms with van der Waals surface area (Å²) in [4.78, 5) is 2.52. The zero-order valence-corrected chi connectivity index (χ0v) is 12.0. The van der Waals surface area contributed by atoms with Crippen molar-refractivity contribution in [3.8, 4) is 5.75 Å². The van der Waals surface area contributed by atoms with Crippen molar-refractivity contribution in [1.29, 1.82) is 0 Å². The molecule has 100 valence electrons. The number of nitrogens with zero attached hydrogens (tertiary/aromatic N) is 1. The standard InChI is InChI=1S/C14H22N2OS/c1-11-10-18-7-6-16(11)14(9-15)12-4-3-5-13(8-12)17-2/h3-5,8,11,14H,6-7,9-10,15H2,1-2H3. The third-order valence-corrected chi connectivity index (χ3v) is 4.71. The van der Waals surface area contributed by atoms with E-state index in [1.54, 1.807) is 7.11 Å². The first-order chi connectivity index (χ1) is 8.76. The van der Waals surface area contributed by atoms with Gasteiger partial charge in [0.05, 0.1) is 7.11 Å². The van der Waals surface area contributed by atoms with Gasteiger partial charge in [0.1, 0.15) is 5.75 Å². The number of benzene rings is 1. The molecule has 1 aliphatic rings. The fraction of sp³-hybridized carbons (Fsp3) is 0.571. The number of hydrogen-bond acceptors (Lipinski definition) is 4. The van der Waals surface area contributed by atoms with Crippen molar-refractivity contribution in [2.75, 3.05) is 31.7 Å². The van der Waals surface area contributed by atoms with E-state index in [0.29, 0.717) is 18.6 Å². The van der Waals surface area contributed by atoms with Gasteiger partial charge in [-0.25, -0.2) is 0 Å². The van der Waals surface area contributed by atoms with Gasteiger partial charge >= 0.3 is 0 Å². The van der Waals surface area contributed by atoms with Crippen molar-refractivity contribution in [3.05, 3.63) is 29.8 Å². The predicted octanol–water partition coefficient (Wildman–Crippen LogP) is 2.13. The molecule has 1 saturated heterocycles. The van der Waals surface area contributed by atoms with Crippen molar-refractivity contribution in [2.45, 2.75) is 19.0 Å². The normalized spacial score (nSPS) is 22.7. The molecule has 2 atom stereocenters. The van der Waals surface area contributed by atoms with E-state index >= 15 is 0 Å². The Hall–Kier alpha value is -0.710. The minimum absolute atomic E-state index is 0.302. The van der Waals surface area contributed by atoms with Gasteiger partial charge in [-0.15, -0.1) is 0 Å². The first-order valence-corrected chi connectivity index (χ1v) is 7.59. The van der Waals surface area contributed by atoms with Crippen LogP contribution in [0.4, 0.5) is 0 Å². The Morgan fingerprint density at radius 1 is 1.56 bits per heavy atom. The van der Waals surface area contributed by atoms with E-state index in [-0.39, 0.29) is 0 Å². The van der Waals surface area contributed by atoms with Gasteiger partial charge in [0, 0.05) is 36.7 Å². The molecule has 3 nitrogen and oxygen atoms in total. The van der Waals surface area contributed by atoms with Crippen molar-refractivity contribution in [1.82, 2.24) is 4.90 Å². The largest absolute Gasteiger partial charge is 0.497 e. The van der Waals surface area contributed by atoms with Crippen LogP contribution < -0.4 is 10.5 Å². The van der Waals surface area contributed by atoms with Crippen LogP contribution in [0.15, 0.2) is 24.3 Å². The van der Waals surface area contributed by atoms with Gasteiger partial charge in [0.15, 0.2) is 0 Å². The Balaban J connectivity index is 2.20. The van der Waals surface area contributed by atoms with Crippen LogP contribution in [-0.4, -0.2) is 42.6 Å². The second-order valence-electron chi connectivity index (χ2n) is 4.69. The van der Waals surface area contributed by atoms with Crippen molar-refractivity contribution < 1.29 is 4.74 Å². The van der Waals surface area contributed by atoms with Crippen LogP contribution >= 0.6 is 11.8 Å². The van der Waals surface area contributed by atoms with Gasteiger partial charge in [-0.1, -0.05) is 12.1 Å². The van der Waals surface area contributed by atoms with E-state index in [1.165, 1.54) is 17.1 Å². The molecule has 1 aromatic rings. The molecule has 2 N–H and O–H groups in total.